The highest BCUT2D eigenvalue weighted by Crippen LogP contribution is 2.34. The summed E-state index contributed by atoms with van der Waals surface area (Å²) in [4.78, 5) is 2.24. The molecule has 102 valence electrons. The Kier molecular flexibility index (Phi) is 4.23. The fourth-order valence-corrected chi connectivity index (χ4v) is 3.39. The van der Waals surface area contributed by atoms with E-state index in [0.29, 0.717) is 5.56 Å². The fourth-order valence-electron chi connectivity index (χ4n) is 1.95. The normalized spacial score (nSPS) is 12.7. The molecule has 1 unspecified atom stereocenters. The number of hydrogen-bond acceptors (Lipinski definition) is 2. The zero-order chi connectivity index (χ0) is 14.2. The third-order valence-electron chi connectivity index (χ3n) is 3.11. The van der Waals surface area contributed by atoms with Crippen LogP contribution in [0.25, 0.3) is 0 Å². The molecule has 19 heavy (non-hydrogen) atoms. The van der Waals surface area contributed by atoms with Gasteiger partial charge in [-0.05, 0) is 50.2 Å². The minimum Gasteiger partial charge on any atom is -0.309 e. The number of thiophene rings is 1. The molecule has 2 aromatic rings. The van der Waals surface area contributed by atoms with E-state index in [1.165, 1.54) is 10.4 Å². The summed E-state index contributed by atoms with van der Waals surface area (Å²) < 4.78 is 26.5. The van der Waals surface area contributed by atoms with E-state index < -0.39 is 11.6 Å². The second kappa shape index (κ2) is 5.57. The molecule has 0 aliphatic carbocycles. The van der Waals surface area contributed by atoms with Crippen molar-refractivity contribution in [1.82, 2.24) is 5.32 Å². The van der Waals surface area contributed by atoms with Crippen LogP contribution >= 0.6 is 22.9 Å². The van der Waals surface area contributed by atoms with E-state index in [9.17, 15) is 8.78 Å². The van der Waals surface area contributed by atoms with Crippen molar-refractivity contribution in [1.29, 1.82) is 0 Å². The summed E-state index contributed by atoms with van der Waals surface area (Å²) in [5.41, 5.74) is 1.73. The van der Waals surface area contributed by atoms with E-state index in [0.717, 1.165) is 17.0 Å². The van der Waals surface area contributed by atoms with Crippen LogP contribution in [0.15, 0.2) is 18.2 Å². The third-order valence-corrected chi connectivity index (χ3v) is 4.65. The van der Waals surface area contributed by atoms with Gasteiger partial charge < -0.3 is 5.32 Å². The predicted molar refractivity (Wildman–Crippen MR) is 76.1 cm³/mol. The summed E-state index contributed by atoms with van der Waals surface area (Å²) in [6.45, 7) is 4.05. The summed E-state index contributed by atoms with van der Waals surface area (Å²) in [7, 11) is 1.77. The highest BCUT2D eigenvalue weighted by atomic mass is 35.5. The largest absolute Gasteiger partial charge is 0.309 e. The van der Waals surface area contributed by atoms with Gasteiger partial charge in [-0.25, -0.2) is 8.78 Å². The van der Waals surface area contributed by atoms with Gasteiger partial charge in [-0.2, -0.15) is 0 Å². The third kappa shape index (κ3) is 2.81. The molecule has 1 aromatic carbocycles. The first-order valence-corrected chi connectivity index (χ1v) is 7.02. The lowest BCUT2D eigenvalue weighted by Gasteiger charge is -2.17. The van der Waals surface area contributed by atoms with Gasteiger partial charge >= 0.3 is 0 Å². The molecule has 1 aromatic heterocycles. The predicted octanol–water partition coefficient (Wildman–Crippen LogP) is 4.61. The van der Waals surface area contributed by atoms with Gasteiger partial charge in [-0.15, -0.1) is 11.3 Å². The molecule has 1 heterocycles. The Balaban J connectivity index is 2.50. The minimum atomic E-state index is -0.929. The molecule has 1 atom stereocenters. The SMILES string of the molecule is CNC(c1cc(C)c(C)s1)c1cc(F)c(F)cc1Cl. The molecular formula is C14H14ClF2NS. The highest BCUT2D eigenvalue weighted by Gasteiger charge is 2.20. The van der Waals surface area contributed by atoms with E-state index in [1.807, 2.05) is 19.9 Å². The second-order valence-corrected chi connectivity index (χ2v) is 6.09. The average Bonchev–Trinajstić information content (AvgIpc) is 2.67. The van der Waals surface area contributed by atoms with Crippen molar-refractivity contribution in [3.63, 3.8) is 0 Å². The van der Waals surface area contributed by atoms with Gasteiger partial charge in [0.1, 0.15) is 0 Å². The monoisotopic (exact) mass is 301 g/mol. The number of rotatable bonds is 3. The molecule has 0 saturated heterocycles. The van der Waals surface area contributed by atoms with Gasteiger partial charge in [-0.3, -0.25) is 0 Å². The van der Waals surface area contributed by atoms with Gasteiger partial charge in [0, 0.05) is 14.8 Å². The Morgan fingerprint density at radius 2 is 1.79 bits per heavy atom. The molecule has 0 saturated carbocycles. The lowest BCUT2D eigenvalue weighted by atomic mass is 10.0. The van der Waals surface area contributed by atoms with Crippen LogP contribution in [-0.2, 0) is 0 Å². The summed E-state index contributed by atoms with van der Waals surface area (Å²) >= 11 is 7.65. The van der Waals surface area contributed by atoms with Crippen LogP contribution in [0.4, 0.5) is 8.78 Å². The van der Waals surface area contributed by atoms with Crippen LogP contribution in [0.2, 0.25) is 5.02 Å². The molecule has 0 aliphatic heterocycles. The molecule has 0 aliphatic rings. The highest BCUT2D eigenvalue weighted by molar-refractivity contribution is 7.12. The quantitative estimate of drug-likeness (QED) is 0.817. The zero-order valence-electron chi connectivity index (χ0n) is 10.9. The standard InChI is InChI=1S/C14H14ClF2NS/c1-7-4-13(19-8(7)2)14(18-3)9-5-11(16)12(17)6-10(9)15/h4-6,14,18H,1-3H3. The zero-order valence-corrected chi connectivity index (χ0v) is 12.4. The van der Waals surface area contributed by atoms with Crippen LogP contribution in [0.3, 0.4) is 0 Å². The molecule has 2 rings (SSSR count). The maximum absolute atomic E-state index is 13.4. The first-order valence-electron chi connectivity index (χ1n) is 5.82. The fraction of sp³-hybridized carbons (Fsp3) is 0.286. The van der Waals surface area contributed by atoms with Crippen molar-refractivity contribution in [3.05, 3.63) is 55.7 Å². The van der Waals surface area contributed by atoms with E-state index in [2.05, 4.69) is 5.32 Å². The number of hydrogen-bond donors (Lipinski definition) is 1. The lowest BCUT2D eigenvalue weighted by molar-refractivity contribution is 0.505. The molecule has 0 fully saturated rings. The van der Waals surface area contributed by atoms with Crippen molar-refractivity contribution >= 4 is 22.9 Å². The van der Waals surface area contributed by atoms with Crippen LogP contribution in [0.5, 0.6) is 0 Å². The number of nitrogens with one attached hydrogen (secondary N) is 1. The smallest absolute Gasteiger partial charge is 0.160 e. The van der Waals surface area contributed by atoms with Gasteiger partial charge in [0.05, 0.1) is 6.04 Å². The first kappa shape index (κ1) is 14.4. The Morgan fingerprint density at radius 3 is 2.32 bits per heavy atom. The Hall–Kier alpha value is -0.970. The summed E-state index contributed by atoms with van der Waals surface area (Å²) in [6, 6.07) is 3.98. The number of aryl methyl sites for hydroxylation is 2. The van der Waals surface area contributed by atoms with Crippen molar-refractivity contribution in [2.75, 3.05) is 7.05 Å². The maximum Gasteiger partial charge on any atom is 0.160 e. The summed E-state index contributed by atoms with van der Waals surface area (Å²) in [5.74, 6) is -1.81. The van der Waals surface area contributed by atoms with Crippen LogP contribution in [0, 0.1) is 25.5 Å². The van der Waals surface area contributed by atoms with Crippen LogP contribution in [0.1, 0.15) is 26.9 Å². The molecule has 5 heteroatoms. The van der Waals surface area contributed by atoms with Crippen LogP contribution < -0.4 is 5.32 Å². The molecule has 0 bridgehead atoms. The Morgan fingerprint density at radius 1 is 1.16 bits per heavy atom. The topological polar surface area (TPSA) is 12.0 Å². The second-order valence-electron chi connectivity index (χ2n) is 4.40. The number of benzene rings is 1. The average molecular weight is 302 g/mol. The van der Waals surface area contributed by atoms with Gasteiger partial charge in [-0.1, -0.05) is 11.6 Å². The molecule has 0 radical (unpaired) electrons. The summed E-state index contributed by atoms with van der Waals surface area (Å²) in [5, 5.41) is 3.32. The Bertz CT molecular complexity index is 590. The van der Waals surface area contributed by atoms with E-state index in [4.69, 9.17) is 11.6 Å². The molecule has 0 amide bonds. The van der Waals surface area contributed by atoms with Crippen molar-refractivity contribution < 1.29 is 8.78 Å². The van der Waals surface area contributed by atoms with E-state index in [-0.39, 0.29) is 11.1 Å². The first-order chi connectivity index (χ1) is 8.93. The van der Waals surface area contributed by atoms with Crippen molar-refractivity contribution in [3.8, 4) is 0 Å². The van der Waals surface area contributed by atoms with Gasteiger partial charge in [0.25, 0.3) is 0 Å². The summed E-state index contributed by atoms with van der Waals surface area (Å²) in [6.07, 6.45) is 0. The van der Waals surface area contributed by atoms with E-state index >= 15 is 0 Å². The maximum atomic E-state index is 13.4. The van der Waals surface area contributed by atoms with Gasteiger partial charge in [0.2, 0.25) is 0 Å². The van der Waals surface area contributed by atoms with Crippen LogP contribution in [-0.4, -0.2) is 7.05 Å². The van der Waals surface area contributed by atoms with Gasteiger partial charge in [0.15, 0.2) is 11.6 Å². The molecule has 1 nitrogen and oxygen atoms in total. The lowest BCUT2D eigenvalue weighted by Crippen LogP contribution is -2.17. The molecular weight excluding hydrogens is 288 g/mol. The van der Waals surface area contributed by atoms with E-state index in [1.54, 1.807) is 18.4 Å². The van der Waals surface area contributed by atoms with Crippen molar-refractivity contribution in [2.45, 2.75) is 19.9 Å². The molecule has 0 spiro atoms. The van der Waals surface area contributed by atoms with Crippen molar-refractivity contribution in [2.24, 2.45) is 0 Å². The number of halogens is 3. The minimum absolute atomic E-state index is 0.224. The Labute approximate surface area is 120 Å². The molecule has 1 N–H and O–H groups in total.